The summed E-state index contributed by atoms with van der Waals surface area (Å²) in [4.78, 5) is 13.7. The SMILES string of the molecule is CSC(CO)C(C)NCC(=O)N1CCOCC1. The van der Waals surface area contributed by atoms with Crippen LogP contribution in [0, 0.1) is 0 Å². The van der Waals surface area contributed by atoms with E-state index < -0.39 is 0 Å². The van der Waals surface area contributed by atoms with Crippen molar-refractivity contribution in [1.29, 1.82) is 0 Å². The van der Waals surface area contributed by atoms with Gasteiger partial charge in [-0.2, -0.15) is 11.8 Å². The molecule has 1 fully saturated rings. The number of carbonyl (C=O) groups is 1. The first-order chi connectivity index (χ1) is 8.19. The number of carbonyl (C=O) groups excluding carboxylic acids is 1. The molecule has 2 atom stereocenters. The minimum Gasteiger partial charge on any atom is -0.395 e. The largest absolute Gasteiger partial charge is 0.395 e. The standard InChI is InChI=1S/C11H22N2O3S/c1-9(10(8-14)17-2)12-7-11(15)13-3-5-16-6-4-13/h9-10,12,14H,3-8H2,1-2H3. The predicted molar refractivity (Wildman–Crippen MR) is 69.3 cm³/mol. The minimum atomic E-state index is 0.109. The third-order valence-corrected chi connectivity index (χ3v) is 4.14. The molecule has 2 N–H and O–H groups in total. The molecule has 2 unspecified atom stereocenters. The number of aliphatic hydroxyl groups is 1. The Hall–Kier alpha value is -0.300. The zero-order valence-electron chi connectivity index (χ0n) is 10.5. The summed E-state index contributed by atoms with van der Waals surface area (Å²) in [6, 6.07) is 0.125. The third-order valence-electron chi connectivity index (χ3n) is 2.98. The lowest BCUT2D eigenvalue weighted by Gasteiger charge is -2.28. The van der Waals surface area contributed by atoms with Gasteiger partial charge in [-0.25, -0.2) is 0 Å². The van der Waals surface area contributed by atoms with Crippen LogP contribution in [0.25, 0.3) is 0 Å². The van der Waals surface area contributed by atoms with Gasteiger partial charge in [-0.05, 0) is 13.2 Å². The molecule has 1 aliphatic heterocycles. The molecule has 0 aromatic carbocycles. The van der Waals surface area contributed by atoms with Crippen molar-refractivity contribution >= 4 is 17.7 Å². The van der Waals surface area contributed by atoms with Gasteiger partial charge in [-0.3, -0.25) is 4.79 Å². The average molecular weight is 262 g/mol. The van der Waals surface area contributed by atoms with Crippen LogP contribution < -0.4 is 5.32 Å². The van der Waals surface area contributed by atoms with E-state index in [1.807, 2.05) is 18.1 Å². The monoisotopic (exact) mass is 262 g/mol. The van der Waals surface area contributed by atoms with E-state index in [0.717, 1.165) is 0 Å². The van der Waals surface area contributed by atoms with Gasteiger partial charge in [-0.1, -0.05) is 0 Å². The second kappa shape index (κ2) is 7.92. The van der Waals surface area contributed by atoms with Crippen LogP contribution in [0.2, 0.25) is 0 Å². The van der Waals surface area contributed by atoms with Crippen LogP contribution in [0.1, 0.15) is 6.92 Å². The summed E-state index contributed by atoms with van der Waals surface area (Å²) in [5.74, 6) is 0.109. The summed E-state index contributed by atoms with van der Waals surface area (Å²) >= 11 is 1.61. The fourth-order valence-electron chi connectivity index (χ4n) is 1.74. The van der Waals surface area contributed by atoms with E-state index in [-0.39, 0.29) is 23.8 Å². The molecule has 1 amide bonds. The number of rotatable bonds is 6. The number of thioether (sulfide) groups is 1. The van der Waals surface area contributed by atoms with Crippen molar-refractivity contribution in [2.24, 2.45) is 0 Å². The zero-order valence-corrected chi connectivity index (χ0v) is 11.3. The van der Waals surface area contributed by atoms with Gasteiger partial charge in [0.15, 0.2) is 0 Å². The number of morpholine rings is 1. The van der Waals surface area contributed by atoms with E-state index in [1.54, 1.807) is 11.8 Å². The Bertz CT molecular complexity index is 231. The summed E-state index contributed by atoms with van der Waals surface area (Å²) in [7, 11) is 0. The summed E-state index contributed by atoms with van der Waals surface area (Å²) < 4.78 is 5.20. The quantitative estimate of drug-likeness (QED) is 0.679. The fourth-order valence-corrected chi connectivity index (χ4v) is 2.39. The Morgan fingerprint density at radius 2 is 2.18 bits per heavy atom. The fraction of sp³-hybridized carbons (Fsp3) is 0.909. The minimum absolute atomic E-state index is 0.109. The average Bonchev–Trinajstić information content (AvgIpc) is 2.38. The molecule has 1 rings (SSSR count). The van der Waals surface area contributed by atoms with Gasteiger partial charge in [0.25, 0.3) is 0 Å². The summed E-state index contributed by atoms with van der Waals surface area (Å²) in [5.41, 5.74) is 0. The molecule has 0 saturated carbocycles. The molecule has 1 heterocycles. The highest BCUT2D eigenvalue weighted by Gasteiger charge is 2.19. The highest BCUT2D eigenvalue weighted by Crippen LogP contribution is 2.10. The van der Waals surface area contributed by atoms with Crippen LogP contribution >= 0.6 is 11.8 Å². The molecular weight excluding hydrogens is 240 g/mol. The van der Waals surface area contributed by atoms with Crippen molar-refractivity contribution in [2.45, 2.75) is 18.2 Å². The Morgan fingerprint density at radius 3 is 2.71 bits per heavy atom. The predicted octanol–water partition coefficient (Wildman–Crippen LogP) is -0.453. The van der Waals surface area contributed by atoms with Gasteiger partial charge in [0.05, 0.1) is 26.4 Å². The van der Waals surface area contributed by atoms with Crippen molar-refractivity contribution in [2.75, 3.05) is 45.7 Å². The Kier molecular flexibility index (Phi) is 6.87. The summed E-state index contributed by atoms with van der Waals surface area (Å²) in [5, 5.41) is 12.4. The van der Waals surface area contributed by atoms with Gasteiger partial charge in [0.2, 0.25) is 5.91 Å². The van der Waals surface area contributed by atoms with Crippen molar-refractivity contribution in [1.82, 2.24) is 10.2 Å². The molecule has 0 spiro atoms. The van der Waals surface area contributed by atoms with Crippen LogP contribution in [0.5, 0.6) is 0 Å². The van der Waals surface area contributed by atoms with E-state index in [9.17, 15) is 4.79 Å². The van der Waals surface area contributed by atoms with Crippen LogP contribution in [-0.4, -0.2) is 72.9 Å². The van der Waals surface area contributed by atoms with Crippen molar-refractivity contribution in [3.05, 3.63) is 0 Å². The van der Waals surface area contributed by atoms with Crippen molar-refractivity contribution in [3.63, 3.8) is 0 Å². The Balaban J connectivity index is 2.26. The number of nitrogens with zero attached hydrogens (tertiary/aromatic N) is 1. The first-order valence-corrected chi connectivity index (χ1v) is 7.20. The molecule has 0 bridgehead atoms. The molecule has 1 saturated heterocycles. The topological polar surface area (TPSA) is 61.8 Å². The van der Waals surface area contributed by atoms with E-state index >= 15 is 0 Å². The maximum atomic E-state index is 11.8. The van der Waals surface area contributed by atoms with Gasteiger partial charge in [0, 0.05) is 24.4 Å². The lowest BCUT2D eigenvalue weighted by atomic mass is 10.2. The van der Waals surface area contributed by atoms with E-state index in [4.69, 9.17) is 9.84 Å². The highest BCUT2D eigenvalue weighted by molar-refractivity contribution is 7.99. The Labute approximate surface area is 107 Å². The van der Waals surface area contributed by atoms with E-state index in [1.165, 1.54) is 0 Å². The van der Waals surface area contributed by atoms with Crippen LogP contribution in [-0.2, 0) is 9.53 Å². The maximum Gasteiger partial charge on any atom is 0.236 e. The summed E-state index contributed by atoms with van der Waals surface area (Å²) in [6.07, 6.45) is 1.96. The van der Waals surface area contributed by atoms with E-state index in [0.29, 0.717) is 32.8 Å². The normalized spacial score (nSPS) is 20.1. The molecular formula is C11H22N2O3S. The molecule has 0 aromatic rings. The molecule has 1 aliphatic rings. The Morgan fingerprint density at radius 1 is 1.53 bits per heavy atom. The molecule has 0 radical (unpaired) electrons. The van der Waals surface area contributed by atoms with Crippen molar-refractivity contribution in [3.8, 4) is 0 Å². The number of aliphatic hydroxyl groups excluding tert-OH is 1. The van der Waals surface area contributed by atoms with Crippen LogP contribution in [0.15, 0.2) is 0 Å². The van der Waals surface area contributed by atoms with Gasteiger partial charge in [-0.15, -0.1) is 0 Å². The van der Waals surface area contributed by atoms with Gasteiger partial charge >= 0.3 is 0 Å². The number of ether oxygens (including phenoxy) is 1. The molecule has 0 aliphatic carbocycles. The third kappa shape index (κ3) is 4.83. The lowest BCUT2D eigenvalue weighted by Crippen LogP contribution is -2.48. The molecule has 5 nitrogen and oxygen atoms in total. The van der Waals surface area contributed by atoms with Gasteiger partial charge < -0.3 is 20.1 Å². The molecule has 100 valence electrons. The maximum absolute atomic E-state index is 11.8. The number of nitrogens with one attached hydrogen (secondary N) is 1. The molecule has 17 heavy (non-hydrogen) atoms. The number of hydrogen-bond acceptors (Lipinski definition) is 5. The van der Waals surface area contributed by atoms with E-state index in [2.05, 4.69) is 5.32 Å². The number of hydrogen-bond donors (Lipinski definition) is 2. The second-order valence-corrected chi connectivity index (χ2v) is 5.20. The first kappa shape index (κ1) is 14.8. The number of amides is 1. The highest BCUT2D eigenvalue weighted by atomic mass is 32.2. The van der Waals surface area contributed by atoms with Crippen LogP contribution in [0.4, 0.5) is 0 Å². The second-order valence-electron chi connectivity index (χ2n) is 4.12. The molecule has 0 aromatic heterocycles. The summed E-state index contributed by atoms with van der Waals surface area (Å²) in [6.45, 7) is 5.07. The lowest BCUT2D eigenvalue weighted by molar-refractivity contribution is -0.134. The van der Waals surface area contributed by atoms with Crippen molar-refractivity contribution < 1.29 is 14.6 Å². The zero-order chi connectivity index (χ0) is 12.7. The molecule has 6 heteroatoms. The van der Waals surface area contributed by atoms with Crippen LogP contribution in [0.3, 0.4) is 0 Å². The van der Waals surface area contributed by atoms with Gasteiger partial charge in [0.1, 0.15) is 0 Å². The first-order valence-electron chi connectivity index (χ1n) is 5.91. The smallest absolute Gasteiger partial charge is 0.236 e.